The molecule has 1 saturated carbocycles. The van der Waals surface area contributed by atoms with E-state index in [4.69, 9.17) is 4.74 Å². The molecular weight excluding hydrogens is 403 g/mol. The number of benzene rings is 1. The second-order valence-corrected chi connectivity index (χ2v) is 6.82. The molecule has 0 amide bonds. The summed E-state index contributed by atoms with van der Waals surface area (Å²) in [5, 5.41) is 0. The maximum atomic E-state index is 14.0. The molecule has 1 aromatic rings. The molecule has 0 bridgehead atoms. The Balaban J connectivity index is 2.10. The first-order valence-corrected chi connectivity index (χ1v) is 8.68. The first kappa shape index (κ1) is 22.7. The SMILES string of the molecule is CCOc1ccc([C@H]2CC[C@H](C(F)(F)C(F)(F)C(F)(F)C(F)(F)F)CC2)cc1. The Bertz CT molecular complexity index is 644. The maximum Gasteiger partial charge on any atom is 0.460 e. The van der Waals surface area contributed by atoms with Gasteiger partial charge in [-0.1, -0.05) is 12.1 Å². The first-order valence-electron chi connectivity index (χ1n) is 8.68. The molecule has 0 atom stereocenters. The molecule has 1 fully saturated rings. The lowest BCUT2D eigenvalue weighted by Gasteiger charge is -2.40. The lowest BCUT2D eigenvalue weighted by Crippen LogP contribution is -2.63. The Morgan fingerprint density at radius 1 is 0.786 bits per heavy atom. The van der Waals surface area contributed by atoms with Gasteiger partial charge in [0, 0.05) is 5.92 Å². The summed E-state index contributed by atoms with van der Waals surface area (Å²) in [4.78, 5) is 0. The van der Waals surface area contributed by atoms with Crippen LogP contribution in [0.2, 0.25) is 0 Å². The third-order valence-electron chi connectivity index (χ3n) is 5.07. The van der Waals surface area contributed by atoms with Crippen molar-refractivity contribution in [2.75, 3.05) is 6.61 Å². The number of halogens is 9. The van der Waals surface area contributed by atoms with Crippen LogP contribution in [0.5, 0.6) is 5.75 Å². The van der Waals surface area contributed by atoms with Gasteiger partial charge in [-0.25, -0.2) is 0 Å². The Morgan fingerprint density at radius 3 is 1.71 bits per heavy atom. The summed E-state index contributed by atoms with van der Waals surface area (Å²) < 4.78 is 123. The van der Waals surface area contributed by atoms with E-state index in [1.54, 1.807) is 31.2 Å². The molecule has 0 spiro atoms. The van der Waals surface area contributed by atoms with Gasteiger partial charge in [0.05, 0.1) is 6.61 Å². The zero-order valence-electron chi connectivity index (χ0n) is 14.8. The van der Waals surface area contributed by atoms with Crippen molar-refractivity contribution in [1.29, 1.82) is 0 Å². The molecule has 28 heavy (non-hydrogen) atoms. The van der Waals surface area contributed by atoms with E-state index in [-0.39, 0.29) is 18.8 Å². The predicted molar refractivity (Wildman–Crippen MR) is 83.2 cm³/mol. The Morgan fingerprint density at radius 2 is 1.29 bits per heavy atom. The van der Waals surface area contributed by atoms with Crippen LogP contribution in [-0.4, -0.2) is 30.6 Å². The largest absolute Gasteiger partial charge is 0.494 e. The molecule has 0 N–H and O–H groups in total. The highest BCUT2D eigenvalue weighted by atomic mass is 19.4. The van der Waals surface area contributed by atoms with Crippen molar-refractivity contribution >= 4 is 0 Å². The fourth-order valence-corrected chi connectivity index (χ4v) is 3.44. The second kappa shape index (κ2) is 7.67. The molecule has 1 nitrogen and oxygen atoms in total. The predicted octanol–water partition coefficient (Wildman–Crippen LogP) is 6.83. The van der Waals surface area contributed by atoms with Crippen LogP contribution in [0.4, 0.5) is 39.5 Å². The number of rotatable bonds is 6. The number of hydrogen-bond acceptors (Lipinski definition) is 1. The van der Waals surface area contributed by atoms with Crippen LogP contribution in [0, 0.1) is 5.92 Å². The Hall–Kier alpha value is -1.61. The number of alkyl halides is 9. The molecule has 1 aliphatic rings. The Kier molecular flexibility index (Phi) is 6.21. The van der Waals surface area contributed by atoms with Crippen LogP contribution in [0.1, 0.15) is 44.1 Å². The molecule has 160 valence electrons. The highest BCUT2D eigenvalue weighted by Gasteiger charge is 2.82. The summed E-state index contributed by atoms with van der Waals surface area (Å²) in [7, 11) is 0. The summed E-state index contributed by atoms with van der Waals surface area (Å²) in [5.41, 5.74) is 0.734. The van der Waals surface area contributed by atoms with Gasteiger partial charge < -0.3 is 4.74 Å². The molecule has 0 unspecified atom stereocenters. The van der Waals surface area contributed by atoms with Crippen LogP contribution in [0.15, 0.2) is 24.3 Å². The van der Waals surface area contributed by atoms with Gasteiger partial charge in [-0.2, -0.15) is 39.5 Å². The fourth-order valence-electron chi connectivity index (χ4n) is 3.44. The van der Waals surface area contributed by atoms with Crippen molar-refractivity contribution in [3.8, 4) is 5.75 Å². The third-order valence-corrected chi connectivity index (χ3v) is 5.07. The third kappa shape index (κ3) is 3.91. The van der Waals surface area contributed by atoms with Crippen molar-refractivity contribution in [2.45, 2.75) is 62.5 Å². The van der Waals surface area contributed by atoms with Gasteiger partial charge in [-0.3, -0.25) is 0 Å². The number of ether oxygens (including phenoxy) is 1. The van der Waals surface area contributed by atoms with Gasteiger partial charge in [0.15, 0.2) is 0 Å². The highest BCUT2D eigenvalue weighted by molar-refractivity contribution is 5.29. The minimum absolute atomic E-state index is 0.0259. The first-order chi connectivity index (χ1) is 12.8. The normalized spacial score (nSPS) is 22.2. The molecule has 10 heteroatoms. The van der Waals surface area contributed by atoms with Crippen molar-refractivity contribution in [3.63, 3.8) is 0 Å². The van der Waals surface area contributed by atoms with Gasteiger partial charge in [0.25, 0.3) is 0 Å². The minimum atomic E-state index is -6.82. The summed E-state index contributed by atoms with van der Waals surface area (Å²) in [5.74, 6) is -20.8. The van der Waals surface area contributed by atoms with E-state index in [0.29, 0.717) is 12.4 Å². The molecule has 0 heterocycles. The van der Waals surface area contributed by atoms with Gasteiger partial charge in [0.1, 0.15) is 5.75 Å². The van der Waals surface area contributed by atoms with E-state index in [1.807, 2.05) is 0 Å². The zero-order valence-corrected chi connectivity index (χ0v) is 14.8. The molecule has 1 aliphatic carbocycles. The molecule has 2 rings (SSSR count). The average molecular weight is 422 g/mol. The van der Waals surface area contributed by atoms with E-state index in [0.717, 1.165) is 5.56 Å². The van der Waals surface area contributed by atoms with Crippen LogP contribution in [0.25, 0.3) is 0 Å². The van der Waals surface area contributed by atoms with Crippen molar-refractivity contribution in [1.82, 2.24) is 0 Å². The topological polar surface area (TPSA) is 9.23 Å². The molecule has 0 saturated heterocycles. The van der Waals surface area contributed by atoms with Crippen LogP contribution in [-0.2, 0) is 0 Å². The summed E-state index contributed by atoms with van der Waals surface area (Å²) in [6.07, 6.45) is -8.01. The van der Waals surface area contributed by atoms with E-state index < -0.39 is 42.7 Å². The Labute approximate surface area is 155 Å². The van der Waals surface area contributed by atoms with Gasteiger partial charge >= 0.3 is 23.9 Å². The zero-order chi connectivity index (χ0) is 21.4. The van der Waals surface area contributed by atoms with Crippen molar-refractivity contribution in [2.24, 2.45) is 5.92 Å². The monoisotopic (exact) mass is 422 g/mol. The minimum Gasteiger partial charge on any atom is -0.494 e. The summed E-state index contributed by atoms with van der Waals surface area (Å²) >= 11 is 0. The fraction of sp³-hybridized carbons (Fsp3) is 0.667. The van der Waals surface area contributed by atoms with Gasteiger partial charge in [-0.05, 0) is 56.2 Å². The molecular formula is C18H19F9O. The van der Waals surface area contributed by atoms with E-state index in [2.05, 4.69) is 0 Å². The van der Waals surface area contributed by atoms with E-state index >= 15 is 0 Å². The molecule has 0 radical (unpaired) electrons. The van der Waals surface area contributed by atoms with Crippen molar-refractivity contribution in [3.05, 3.63) is 29.8 Å². The summed E-state index contributed by atoms with van der Waals surface area (Å²) in [6.45, 7) is 2.23. The average Bonchev–Trinajstić information content (AvgIpc) is 2.61. The van der Waals surface area contributed by atoms with Crippen LogP contribution < -0.4 is 4.74 Å². The summed E-state index contributed by atoms with van der Waals surface area (Å²) in [6, 6.07) is 6.66. The van der Waals surface area contributed by atoms with Crippen LogP contribution in [0.3, 0.4) is 0 Å². The highest BCUT2D eigenvalue weighted by Crippen LogP contribution is 2.57. The van der Waals surface area contributed by atoms with Crippen LogP contribution >= 0.6 is 0 Å². The lowest BCUT2D eigenvalue weighted by molar-refractivity contribution is -0.404. The molecule has 0 aromatic heterocycles. The van der Waals surface area contributed by atoms with Crippen molar-refractivity contribution < 1.29 is 44.3 Å². The van der Waals surface area contributed by atoms with E-state index in [1.165, 1.54) is 0 Å². The van der Waals surface area contributed by atoms with E-state index in [9.17, 15) is 39.5 Å². The standard InChI is InChI=1S/C18H19F9O/c1-2-28-14-9-5-12(6-10-14)11-3-7-13(8-4-11)15(19,20)16(21,22)17(23,24)18(25,26)27/h5-6,9-11,13H,2-4,7-8H2,1H3/t11-,13-. The van der Waals surface area contributed by atoms with Gasteiger partial charge in [0.2, 0.25) is 0 Å². The smallest absolute Gasteiger partial charge is 0.460 e. The second-order valence-electron chi connectivity index (χ2n) is 6.82. The molecule has 0 aliphatic heterocycles. The quantitative estimate of drug-likeness (QED) is 0.457. The molecule has 1 aromatic carbocycles. The number of hydrogen-bond donors (Lipinski definition) is 0. The van der Waals surface area contributed by atoms with Gasteiger partial charge in [-0.15, -0.1) is 0 Å². The lowest BCUT2D eigenvalue weighted by atomic mass is 9.74. The maximum absolute atomic E-state index is 14.0.